The maximum atomic E-state index is 12.8. The van der Waals surface area contributed by atoms with Gasteiger partial charge in [-0.15, -0.1) is 0 Å². The van der Waals surface area contributed by atoms with Gasteiger partial charge in [0, 0.05) is 24.3 Å². The molecule has 1 aliphatic rings. The lowest BCUT2D eigenvalue weighted by Gasteiger charge is -2.18. The van der Waals surface area contributed by atoms with E-state index in [1.165, 1.54) is 0 Å². The molecule has 1 aliphatic heterocycles. The Morgan fingerprint density at radius 3 is 2.73 bits per heavy atom. The van der Waals surface area contributed by atoms with Gasteiger partial charge in [-0.1, -0.05) is 23.7 Å². The summed E-state index contributed by atoms with van der Waals surface area (Å²) in [6, 6.07) is 13.3. The molecule has 3 heterocycles. The van der Waals surface area contributed by atoms with Crippen LogP contribution in [0.1, 0.15) is 31.9 Å². The smallest absolute Gasteiger partial charge is 0.261 e. The highest BCUT2D eigenvalue weighted by atomic mass is 35.5. The van der Waals surface area contributed by atoms with Gasteiger partial charge in [-0.25, -0.2) is 4.98 Å². The van der Waals surface area contributed by atoms with Gasteiger partial charge in [-0.05, 0) is 62.2 Å². The van der Waals surface area contributed by atoms with E-state index >= 15 is 0 Å². The average Bonchev–Trinajstić information content (AvgIpc) is 3.27. The van der Waals surface area contributed by atoms with Crippen molar-refractivity contribution in [3.8, 4) is 11.4 Å². The lowest BCUT2D eigenvalue weighted by molar-refractivity contribution is -0.122. The number of rotatable bonds is 5. The first kappa shape index (κ1) is 21.3. The van der Waals surface area contributed by atoms with E-state index in [0.29, 0.717) is 40.7 Å². The predicted molar refractivity (Wildman–Crippen MR) is 132 cm³/mol. The summed E-state index contributed by atoms with van der Waals surface area (Å²) in [4.78, 5) is 38.2. The lowest BCUT2D eigenvalue weighted by Crippen LogP contribution is -2.35. The van der Waals surface area contributed by atoms with Crippen molar-refractivity contribution in [1.82, 2.24) is 15.0 Å². The Hall–Kier alpha value is -3.58. The zero-order valence-electron chi connectivity index (χ0n) is 18.6. The largest absolute Gasteiger partial charge is 0.380 e. The fourth-order valence-corrected chi connectivity index (χ4v) is 4.68. The van der Waals surface area contributed by atoms with Crippen molar-refractivity contribution < 1.29 is 4.79 Å². The summed E-state index contributed by atoms with van der Waals surface area (Å²) in [5.74, 6) is 0.552. The molecule has 2 aromatic heterocycles. The number of carbonyl (C=O) groups is 1. The highest BCUT2D eigenvalue weighted by Gasteiger charge is 2.43. The van der Waals surface area contributed by atoms with E-state index < -0.39 is 5.41 Å². The summed E-state index contributed by atoms with van der Waals surface area (Å²) in [5.41, 5.74) is 4.55. The van der Waals surface area contributed by atoms with E-state index in [1.54, 1.807) is 11.1 Å². The Morgan fingerprint density at radius 2 is 1.97 bits per heavy atom. The number of H-pyrrole nitrogens is 2. The van der Waals surface area contributed by atoms with E-state index in [-0.39, 0.29) is 11.5 Å². The van der Waals surface area contributed by atoms with Crippen LogP contribution in [0.25, 0.3) is 22.4 Å². The van der Waals surface area contributed by atoms with Gasteiger partial charge < -0.3 is 20.2 Å². The van der Waals surface area contributed by atoms with E-state index in [4.69, 9.17) is 16.6 Å². The average molecular weight is 462 g/mol. The van der Waals surface area contributed by atoms with Gasteiger partial charge in [0.15, 0.2) is 0 Å². The van der Waals surface area contributed by atoms with Crippen molar-refractivity contribution in [3.05, 3.63) is 75.2 Å². The highest BCUT2D eigenvalue weighted by molar-refractivity contribution is 6.30. The second-order valence-corrected chi connectivity index (χ2v) is 9.16. The minimum absolute atomic E-state index is 0.0832. The zero-order chi connectivity index (χ0) is 23.3. The van der Waals surface area contributed by atoms with Crippen LogP contribution in [0.5, 0.6) is 0 Å². The number of amides is 1. The predicted octanol–water partition coefficient (Wildman–Crippen LogP) is 4.83. The minimum Gasteiger partial charge on any atom is -0.380 e. The Kier molecular flexibility index (Phi) is 5.01. The summed E-state index contributed by atoms with van der Waals surface area (Å²) in [7, 11) is 0. The maximum Gasteiger partial charge on any atom is 0.261 e. The number of fused-ring (bicyclic) bond motifs is 2. The van der Waals surface area contributed by atoms with Crippen LogP contribution < -0.4 is 15.8 Å². The molecule has 0 bridgehead atoms. The molecular weight excluding hydrogens is 438 g/mol. The van der Waals surface area contributed by atoms with Crippen molar-refractivity contribution >= 4 is 39.9 Å². The molecule has 3 N–H and O–H groups in total. The molecule has 8 heteroatoms. The number of aromatic amines is 2. The molecule has 2 aromatic carbocycles. The van der Waals surface area contributed by atoms with Gasteiger partial charge in [0.25, 0.3) is 5.56 Å². The van der Waals surface area contributed by atoms with E-state index in [1.807, 2.05) is 63.2 Å². The molecule has 4 aromatic rings. The molecule has 0 saturated heterocycles. The number of hydrogen-bond acceptors (Lipinski definition) is 4. The molecule has 0 atom stereocenters. The maximum absolute atomic E-state index is 12.8. The summed E-state index contributed by atoms with van der Waals surface area (Å²) in [5, 5.41) is 3.99. The number of aromatic nitrogens is 3. The lowest BCUT2D eigenvalue weighted by atomic mass is 9.86. The number of carbonyl (C=O) groups excluding carboxylic acids is 1. The quantitative estimate of drug-likeness (QED) is 0.397. The fourth-order valence-electron chi connectivity index (χ4n) is 4.47. The Labute approximate surface area is 195 Å². The third kappa shape index (κ3) is 3.49. The first-order chi connectivity index (χ1) is 15.8. The first-order valence-corrected chi connectivity index (χ1v) is 11.2. The summed E-state index contributed by atoms with van der Waals surface area (Å²) in [6.45, 7) is 6.94. The molecule has 0 unspecified atom stereocenters. The van der Waals surface area contributed by atoms with Crippen LogP contribution in [0.2, 0.25) is 5.02 Å². The third-order valence-electron chi connectivity index (χ3n) is 6.23. The Balaban J connectivity index is 1.56. The molecule has 0 radical (unpaired) electrons. The molecule has 0 spiro atoms. The Morgan fingerprint density at radius 1 is 1.15 bits per heavy atom. The number of benzene rings is 2. The molecule has 33 heavy (non-hydrogen) atoms. The van der Waals surface area contributed by atoms with Crippen LogP contribution in [0, 0.1) is 0 Å². The molecular formula is C25H24ClN5O2. The summed E-state index contributed by atoms with van der Waals surface area (Å²) < 4.78 is 0. The van der Waals surface area contributed by atoms with Crippen LogP contribution in [0.3, 0.4) is 0 Å². The van der Waals surface area contributed by atoms with Crippen molar-refractivity contribution in [2.24, 2.45) is 0 Å². The van der Waals surface area contributed by atoms with Crippen molar-refractivity contribution in [2.45, 2.75) is 32.7 Å². The Bertz CT molecular complexity index is 1450. The molecule has 7 nitrogen and oxygen atoms in total. The standard InChI is InChI=1S/C25H24ClN5O2/c1-4-31-20-12-19-18(11-16(20)25(2,3)24(31)33)29-22(30-19)21-17(8-9-27-23(21)32)28-13-14-6-5-7-15(26)10-14/h5-12H,4,13H2,1-3H3,(H,29,30)(H2,27,28,32). The zero-order valence-corrected chi connectivity index (χ0v) is 19.4. The second kappa shape index (κ2) is 7.78. The molecule has 0 saturated carbocycles. The highest BCUT2D eigenvalue weighted by Crippen LogP contribution is 2.43. The van der Waals surface area contributed by atoms with Gasteiger partial charge in [0.1, 0.15) is 11.4 Å². The molecule has 168 valence electrons. The number of nitrogens with one attached hydrogen (secondary N) is 3. The fraction of sp³-hybridized carbons (Fsp3) is 0.240. The van der Waals surface area contributed by atoms with E-state index in [9.17, 15) is 9.59 Å². The van der Waals surface area contributed by atoms with Gasteiger partial charge >= 0.3 is 0 Å². The van der Waals surface area contributed by atoms with Gasteiger partial charge in [-0.2, -0.15) is 0 Å². The summed E-state index contributed by atoms with van der Waals surface area (Å²) >= 11 is 6.09. The van der Waals surface area contributed by atoms with Crippen molar-refractivity contribution in [2.75, 3.05) is 16.8 Å². The van der Waals surface area contributed by atoms with Gasteiger partial charge in [-0.3, -0.25) is 9.59 Å². The number of nitrogens with zero attached hydrogens (tertiary/aromatic N) is 2. The number of likely N-dealkylation sites (N-methyl/N-ethyl adjacent to an activating group) is 1. The second-order valence-electron chi connectivity index (χ2n) is 8.73. The number of anilines is 2. The number of imidazole rings is 1. The normalized spacial score (nSPS) is 14.7. The van der Waals surface area contributed by atoms with E-state index in [2.05, 4.69) is 15.3 Å². The van der Waals surface area contributed by atoms with Crippen molar-refractivity contribution in [1.29, 1.82) is 0 Å². The summed E-state index contributed by atoms with van der Waals surface area (Å²) in [6.07, 6.45) is 1.61. The van der Waals surface area contributed by atoms with Gasteiger partial charge in [0.05, 0.1) is 27.8 Å². The van der Waals surface area contributed by atoms with E-state index in [0.717, 1.165) is 22.3 Å². The minimum atomic E-state index is -0.612. The van der Waals surface area contributed by atoms with Crippen molar-refractivity contribution in [3.63, 3.8) is 0 Å². The van der Waals surface area contributed by atoms with Crippen LogP contribution in [-0.4, -0.2) is 27.4 Å². The molecule has 0 aliphatic carbocycles. The molecule has 0 fully saturated rings. The first-order valence-electron chi connectivity index (χ1n) is 10.9. The number of halogens is 1. The van der Waals surface area contributed by atoms with Crippen LogP contribution in [0.15, 0.2) is 53.5 Å². The number of hydrogen-bond donors (Lipinski definition) is 3. The molecule has 5 rings (SSSR count). The third-order valence-corrected chi connectivity index (χ3v) is 6.46. The topological polar surface area (TPSA) is 93.9 Å². The van der Waals surface area contributed by atoms with Gasteiger partial charge in [0.2, 0.25) is 5.91 Å². The van der Waals surface area contributed by atoms with Crippen LogP contribution in [0.4, 0.5) is 11.4 Å². The van der Waals surface area contributed by atoms with Crippen LogP contribution >= 0.6 is 11.6 Å². The monoisotopic (exact) mass is 461 g/mol. The van der Waals surface area contributed by atoms with Crippen LogP contribution in [-0.2, 0) is 16.8 Å². The molecule has 1 amide bonds. The SMILES string of the molecule is CCN1C(=O)C(C)(C)c2cc3[nH]c(-c4c(NCc5cccc(Cl)c5)cc[nH]c4=O)nc3cc21. The number of pyridine rings is 1.